The topological polar surface area (TPSA) is 51.5 Å². The van der Waals surface area contributed by atoms with Crippen molar-refractivity contribution in [2.75, 3.05) is 14.2 Å². The zero-order valence-electron chi connectivity index (χ0n) is 22.8. The molecule has 6 heteroatoms. The van der Waals surface area contributed by atoms with Crippen LogP contribution in [0.4, 0.5) is 0 Å². The second kappa shape index (κ2) is 12.6. The number of methoxy groups -OCH3 is 1. The standard InChI is InChI=1S/C32H37ClN2O3/c1-5-8-23-9-7-10-26(27(23)6-2)20-34(3)21-30-28(24-15-16-24)19-29(33)31(36)35(30)18-17-22-11-13-25(14-12-22)32(37)38-4/h6-14,19,24H,5,15-18,20-21H2,1-4H3/b23-8-,27-6+. The molecular weight excluding hydrogens is 496 g/mol. The van der Waals surface area contributed by atoms with Crippen LogP contribution in [0.2, 0.25) is 5.02 Å². The molecule has 1 heterocycles. The first kappa shape index (κ1) is 27.9. The second-order valence-electron chi connectivity index (χ2n) is 10.1. The zero-order chi connectivity index (χ0) is 27.2. The van der Waals surface area contributed by atoms with Gasteiger partial charge in [0.15, 0.2) is 0 Å². The molecule has 1 fully saturated rings. The average molecular weight is 533 g/mol. The molecule has 0 radical (unpaired) electrons. The Kier molecular flexibility index (Phi) is 9.24. The molecule has 38 heavy (non-hydrogen) atoms. The first-order valence-corrected chi connectivity index (χ1v) is 13.8. The average Bonchev–Trinajstić information content (AvgIpc) is 3.76. The van der Waals surface area contributed by atoms with Crippen molar-refractivity contribution in [2.24, 2.45) is 0 Å². The molecule has 0 saturated heterocycles. The van der Waals surface area contributed by atoms with Gasteiger partial charge in [-0.1, -0.05) is 61.0 Å². The lowest BCUT2D eigenvalue weighted by Gasteiger charge is -2.23. The van der Waals surface area contributed by atoms with Crippen LogP contribution in [0, 0.1) is 0 Å². The smallest absolute Gasteiger partial charge is 0.337 e. The molecule has 1 aromatic heterocycles. The number of carbonyl (C=O) groups is 1. The maximum absolute atomic E-state index is 13.3. The fourth-order valence-corrected chi connectivity index (χ4v) is 5.36. The van der Waals surface area contributed by atoms with Crippen LogP contribution in [0.3, 0.4) is 0 Å². The predicted molar refractivity (Wildman–Crippen MR) is 155 cm³/mol. The largest absolute Gasteiger partial charge is 0.465 e. The Bertz CT molecular complexity index is 1470. The number of carbonyl (C=O) groups excluding carboxylic acids is 1. The Morgan fingerprint density at radius 1 is 1.16 bits per heavy atom. The molecule has 1 aliphatic rings. The third-order valence-corrected chi connectivity index (χ3v) is 7.48. The SMILES string of the molecule is C/C=c1/c(CN(C)Cc2c(C3CC3)cc(Cl)c(=O)n2CCc2ccc(C(=O)OC)cc2)ccc/c1=C/CC. The van der Waals surface area contributed by atoms with Gasteiger partial charge in [-0.2, -0.15) is 0 Å². The number of rotatable bonds is 10. The summed E-state index contributed by atoms with van der Waals surface area (Å²) >= 11 is 6.46. The lowest BCUT2D eigenvalue weighted by molar-refractivity contribution is 0.0600. The van der Waals surface area contributed by atoms with Crippen molar-refractivity contribution < 1.29 is 9.53 Å². The summed E-state index contributed by atoms with van der Waals surface area (Å²) in [5.41, 5.74) is 4.93. The molecule has 3 aromatic rings. The van der Waals surface area contributed by atoms with Gasteiger partial charge in [-0.15, -0.1) is 0 Å². The van der Waals surface area contributed by atoms with Crippen LogP contribution >= 0.6 is 11.6 Å². The number of benzene rings is 2. The van der Waals surface area contributed by atoms with Gasteiger partial charge in [-0.05, 0) is 90.9 Å². The van der Waals surface area contributed by atoms with Gasteiger partial charge in [0, 0.05) is 25.3 Å². The molecular formula is C32H37ClN2O3. The van der Waals surface area contributed by atoms with Crippen molar-refractivity contribution in [3.05, 3.63) is 102 Å². The third kappa shape index (κ3) is 6.46. The summed E-state index contributed by atoms with van der Waals surface area (Å²) in [4.78, 5) is 27.3. The highest BCUT2D eigenvalue weighted by Gasteiger charge is 2.29. The Balaban J connectivity index is 1.62. The van der Waals surface area contributed by atoms with Crippen molar-refractivity contribution >= 4 is 29.7 Å². The summed E-state index contributed by atoms with van der Waals surface area (Å²) in [6, 6.07) is 15.7. The normalized spacial score (nSPS) is 14.4. The van der Waals surface area contributed by atoms with Crippen LogP contribution in [-0.4, -0.2) is 29.6 Å². The number of ether oxygens (including phenoxy) is 1. The van der Waals surface area contributed by atoms with E-state index in [1.807, 2.05) is 22.8 Å². The Hall–Kier alpha value is -3.15. The molecule has 0 N–H and O–H groups in total. The number of halogens is 1. The van der Waals surface area contributed by atoms with Crippen molar-refractivity contribution in [1.82, 2.24) is 9.47 Å². The Morgan fingerprint density at radius 2 is 1.89 bits per heavy atom. The molecule has 0 aliphatic heterocycles. The fourth-order valence-electron chi connectivity index (χ4n) is 5.14. The quantitative estimate of drug-likeness (QED) is 0.344. The van der Waals surface area contributed by atoms with E-state index >= 15 is 0 Å². The highest BCUT2D eigenvalue weighted by Crippen LogP contribution is 2.42. The van der Waals surface area contributed by atoms with Crippen LogP contribution < -0.4 is 16.0 Å². The van der Waals surface area contributed by atoms with Crippen molar-refractivity contribution in [2.45, 2.75) is 65.1 Å². The minimum absolute atomic E-state index is 0.146. The van der Waals surface area contributed by atoms with E-state index in [4.69, 9.17) is 16.3 Å². The van der Waals surface area contributed by atoms with E-state index in [-0.39, 0.29) is 16.6 Å². The van der Waals surface area contributed by atoms with Gasteiger partial charge in [-0.25, -0.2) is 4.79 Å². The lowest BCUT2D eigenvalue weighted by Crippen LogP contribution is -2.33. The van der Waals surface area contributed by atoms with Gasteiger partial charge >= 0.3 is 5.97 Å². The van der Waals surface area contributed by atoms with Gasteiger partial charge < -0.3 is 9.30 Å². The van der Waals surface area contributed by atoms with E-state index in [1.165, 1.54) is 28.7 Å². The van der Waals surface area contributed by atoms with Crippen molar-refractivity contribution in [3.8, 4) is 0 Å². The third-order valence-electron chi connectivity index (χ3n) is 7.21. The van der Waals surface area contributed by atoms with Crippen molar-refractivity contribution in [3.63, 3.8) is 0 Å². The second-order valence-corrected chi connectivity index (χ2v) is 10.5. The van der Waals surface area contributed by atoms with Crippen LogP contribution in [0.1, 0.15) is 71.8 Å². The summed E-state index contributed by atoms with van der Waals surface area (Å²) in [5, 5.41) is 2.82. The molecule has 0 unspecified atom stereocenters. The summed E-state index contributed by atoms with van der Waals surface area (Å²) in [7, 11) is 3.49. The van der Waals surface area contributed by atoms with E-state index in [1.54, 1.807) is 12.1 Å². The zero-order valence-corrected chi connectivity index (χ0v) is 23.6. The van der Waals surface area contributed by atoms with Gasteiger partial charge in [0.05, 0.1) is 12.7 Å². The summed E-state index contributed by atoms with van der Waals surface area (Å²) in [5.74, 6) is 0.105. The number of hydrogen-bond acceptors (Lipinski definition) is 4. The van der Waals surface area contributed by atoms with Gasteiger partial charge in [-0.3, -0.25) is 9.69 Å². The van der Waals surface area contributed by atoms with E-state index < -0.39 is 0 Å². The van der Waals surface area contributed by atoms with Gasteiger partial charge in [0.1, 0.15) is 5.02 Å². The molecule has 0 amide bonds. The van der Waals surface area contributed by atoms with E-state index in [0.717, 1.165) is 37.1 Å². The molecule has 5 nitrogen and oxygen atoms in total. The number of aryl methyl sites for hydroxylation is 1. The molecule has 4 rings (SSSR count). The molecule has 0 atom stereocenters. The number of aromatic nitrogens is 1. The summed E-state index contributed by atoms with van der Waals surface area (Å²) in [6.45, 7) is 6.21. The maximum Gasteiger partial charge on any atom is 0.337 e. The molecule has 0 bridgehead atoms. The number of pyridine rings is 1. The summed E-state index contributed by atoms with van der Waals surface area (Å²) < 4.78 is 6.67. The predicted octanol–water partition coefficient (Wildman–Crippen LogP) is 5.03. The lowest BCUT2D eigenvalue weighted by atomic mass is 10.1. The van der Waals surface area contributed by atoms with Crippen LogP contribution in [-0.2, 0) is 30.8 Å². The van der Waals surface area contributed by atoms with Crippen LogP contribution in [0.25, 0.3) is 12.2 Å². The first-order valence-electron chi connectivity index (χ1n) is 13.4. The molecule has 200 valence electrons. The van der Waals surface area contributed by atoms with Crippen LogP contribution in [0.5, 0.6) is 0 Å². The Morgan fingerprint density at radius 3 is 2.53 bits per heavy atom. The maximum atomic E-state index is 13.3. The first-order chi connectivity index (χ1) is 18.4. The minimum atomic E-state index is -0.357. The number of nitrogens with zero attached hydrogens (tertiary/aromatic N) is 2. The number of hydrogen-bond donors (Lipinski definition) is 0. The number of esters is 1. The monoisotopic (exact) mass is 532 g/mol. The fraction of sp³-hybridized carbons (Fsp3) is 0.375. The molecule has 1 saturated carbocycles. The highest BCUT2D eigenvalue weighted by molar-refractivity contribution is 6.30. The minimum Gasteiger partial charge on any atom is -0.465 e. The van der Waals surface area contributed by atoms with Crippen molar-refractivity contribution in [1.29, 1.82) is 0 Å². The molecule has 0 spiro atoms. The van der Waals surface area contributed by atoms with Crippen LogP contribution in [0.15, 0.2) is 53.3 Å². The Labute approximate surface area is 230 Å². The highest BCUT2D eigenvalue weighted by atomic mass is 35.5. The van der Waals surface area contributed by atoms with E-state index in [0.29, 0.717) is 31.0 Å². The summed E-state index contributed by atoms with van der Waals surface area (Å²) in [6.07, 6.45) is 8.36. The van der Waals surface area contributed by atoms with Gasteiger partial charge in [0.2, 0.25) is 0 Å². The molecule has 1 aliphatic carbocycles. The van der Waals surface area contributed by atoms with E-state index in [9.17, 15) is 9.59 Å². The molecule has 2 aromatic carbocycles. The van der Waals surface area contributed by atoms with Gasteiger partial charge in [0.25, 0.3) is 5.56 Å². The van der Waals surface area contributed by atoms with E-state index in [2.05, 4.69) is 56.1 Å².